The van der Waals surface area contributed by atoms with Gasteiger partial charge in [-0.15, -0.1) is 0 Å². The number of anilines is 1. The highest BCUT2D eigenvalue weighted by Crippen LogP contribution is 2.36. The average Bonchev–Trinajstić information content (AvgIpc) is 2.65. The van der Waals surface area contributed by atoms with Gasteiger partial charge in [0, 0.05) is 6.42 Å². The summed E-state index contributed by atoms with van der Waals surface area (Å²) in [5, 5.41) is 9.31. The Labute approximate surface area is 119 Å². The highest BCUT2D eigenvalue weighted by molar-refractivity contribution is 7.92. The third-order valence-corrected chi connectivity index (χ3v) is 5.41. The molecule has 110 valence electrons. The van der Waals surface area contributed by atoms with Gasteiger partial charge < -0.3 is 5.11 Å². The van der Waals surface area contributed by atoms with E-state index in [4.69, 9.17) is 0 Å². The molecule has 1 N–H and O–H groups in total. The molecule has 2 rings (SSSR count). The van der Waals surface area contributed by atoms with E-state index in [0.29, 0.717) is 5.69 Å². The zero-order valence-electron chi connectivity index (χ0n) is 11.8. The van der Waals surface area contributed by atoms with E-state index in [1.807, 2.05) is 20.8 Å². The average molecular weight is 297 g/mol. The fraction of sp³-hybridized carbons (Fsp3) is 0.500. The Morgan fingerprint density at radius 1 is 1.35 bits per heavy atom. The number of hydrogen-bond donors (Lipinski definition) is 1. The van der Waals surface area contributed by atoms with Crippen LogP contribution in [0.2, 0.25) is 0 Å². The van der Waals surface area contributed by atoms with Crippen molar-refractivity contribution in [2.24, 2.45) is 5.41 Å². The minimum absolute atomic E-state index is 0.0852. The van der Waals surface area contributed by atoms with Gasteiger partial charge in [0.05, 0.1) is 11.4 Å². The first-order valence-electron chi connectivity index (χ1n) is 6.45. The van der Waals surface area contributed by atoms with Crippen LogP contribution in [0.1, 0.15) is 26.3 Å². The highest BCUT2D eigenvalue weighted by Gasteiger charge is 2.42. The standard InChI is InChI=1S/C14H19NO4S/c1-14(2,3)9-20(18,19)15-11-7-5-4-6-10(11)8-12(15)13(16)17/h4-7,12H,8-9H2,1-3H3,(H,16,17). The number of nitrogens with zero attached hydrogens (tertiary/aromatic N) is 1. The van der Waals surface area contributed by atoms with E-state index in [1.54, 1.807) is 24.3 Å². The number of para-hydroxylation sites is 1. The second-order valence-corrected chi connectivity index (χ2v) is 8.15. The Morgan fingerprint density at radius 2 is 1.95 bits per heavy atom. The molecular formula is C14H19NO4S. The van der Waals surface area contributed by atoms with Crippen molar-refractivity contribution in [1.82, 2.24) is 0 Å². The predicted molar refractivity (Wildman–Crippen MR) is 77.3 cm³/mol. The Bertz CT molecular complexity index is 631. The molecule has 1 aromatic rings. The molecule has 1 heterocycles. The second-order valence-electron chi connectivity index (χ2n) is 6.30. The van der Waals surface area contributed by atoms with Crippen molar-refractivity contribution in [2.75, 3.05) is 10.1 Å². The van der Waals surface area contributed by atoms with Crippen molar-refractivity contribution in [2.45, 2.75) is 33.2 Å². The lowest BCUT2D eigenvalue weighted by Gasteiger charge is -2.28. The number of fused-ring (bicyclic) bond motifs is 1. The molecule has 5 nitrogen and oxygen atoms in total. The van der Waals surface area contributed by atoms with E-state index in [1.165, 1.54) is 0 Å². The molecule has 1 unspecified atom stereocenters. The van der Waals surface area contributed by atoms with Crippen LogP contribution in [0.4, 0.5) is 5.69 Å². The monoisotopic (exact) mass is 297 g/mol. The number of carboxylic acids is 1. The summed E-state index contributed by atoms with van der Waals surface area (Å²) in [7, 11) is -3.67. The van der Waals surface area contributed by atoms with Gasteiger partial charge in [-0.25, -0.2) is 13.2 Å². The van der Waals surface area contributed by atoms with E-state index in [2.05, 4.69) is 0 Å². The third-order valence-electron chi connectivity index (χ3n) is 3.13. The Hall–Kier alpha value is -1.56. The molecule has 0 aliphatic carbocycles. The second kappa shape index (κ2) is 4.77. The molecule has 6 heteroatoms. The lowest BCUT2D eigenvalue weighted by atomic mass is 10.0. The van der Waals surface area contributed by atoms with Crippen LogP contribution in [0.15, 0.2) is 24.3 Å². The Kier molecular flexibility index (Phi) is 3.54. The fourth-order valence-electron chi connectivity index (χ4n) is 2.51. The van der Waals surface area contributed by atoms with Crippen LogP contribution in [-0.4, -0.2) is 31.3 Å². The van der Waals surface area contributed by atoms with Gasteiger partial charge in [0.15, 0.2) is 0 Å². The lowest BCUT2D eigenvalue weighted by Crippen LogP contribution is -2.45. The van der Waals surface area contributed by atoms with Crippen LogP contribution >= 0.6 is 0 Å². The van der Waals surface area contributed by atoms with E-state index >= 15 is 0 Å². The van der Waals surface area contributed by atoms with Crippen LogP contribution in [-0.2, 0) is 21.2 Å². The van der Waals surface area contributed by atoms with Gasteiger partial charge in [-0.1, -0.05) is 39.0 Å². The van der Waals surface area contributed by atoms with Crippen LogP contribution in [0.5, 0.6) is 0 Å². The molecule has 0 saturated heterocycles. The largest absolute Gasteiger partial charge is 0.480 e. The summed E-state index contributed by atoms with van der Waals surface area (Å²) in [6.07, 6.45) is 0.217. The molecule has 0 radical (unpaired) electrons. The molecule has 0 bridgehead atoms. The van der Waals surface area contributed by atoms with Gasteiger partial charge in [-0.05, 0) is 17.0 Å². The van der Waals surface area contributed by atoms with E-state index < -0.39 is 27.4 Å². The summed E-state index contributed by atoms with van der Waals surface area (Å²) in [5.41, 5.74) is 0.820. The minimum Gasteiger partial charge on any atom is -0.480 e. The number of sulfonamides is 1. The van der Waals surface area contributed by atoms with Crippen molar-refractivity contribution >= 4 is 21.7 Å². The predicted octanol–water partition coefficient (Wildman–Crippen LogP) is 1.88. The maximum Gasteiger partial charge on any atom is 0.327 e. The number of benzene rings is 1. The first-order chi connectivity index (χ1) is 9.12. The number of hydrogen-bond acceptors (Lipinski definition) is 3. The van der Waals surface area contributed by atoms with Crippen LogP contribution < -0.4 is 4.31 Å². The summed E-state index contributed by atoms with van der Waals surface area (Å²) in [4.78, 5) is 11.4. The van der Waals surface area contributed by atoms with Gasteiger partial charge >= 0.3 is 5.97 Å². The molecule has 0 aromatic heterocycles. The van der Waals surface area contributed by atoms with Crippen molar-refractivity contribution in [3.8, 4) is 0 Å². The summed E-state index contributed by atoms with van der Waals surface area (Å²) >= 11 is 0. The molecule has 1 aromatic carbocycles. The molecular weight excluding hydrogens is 278 g/mol. The molecule has 0 fully saturated rings. The van der Waals surface area contributed by atoms with Crippen molar-refractivity contribution < 1.29 is 18.3 Å². The van der Waals surface area contributed by atoms with Crippen LogP contribution in [0.25, 0.3) is 0 Å². The van der Waals surface area contributed by atoms with E-state index in [-0.39, 0.29) is 12.2 Å². The first-order valence-corrected chi connectivity index (χ1v) is 8.05. The van der Waals surface area contributed by atoms with Gasteiger partial charge in [0.25, 0.3) is 0 Å². The van der Waals surface area contributed by atoms with Gasteiger partial charge in [-0.3, -0.25) is 4.31 Å². The number of aliphatic carboxylic acids is 1. The van der Waals surface area contributed by atoms with Crippen molar-refractivity contribution in [3.05, 3.63) is 29.8 Å². The summed E-state index contributed by atoms with van der Waals surface area (Å²) in [5.74, 6) is -1.20. The van der Waals surface area contributed by atoms with E-state index in [0.717, 1.165) is 9.87 Å². The fourth-order valence-corrected chi connectivity index (χ4v) is 4.77. The third kappa shape index (κ3) is 2.80. The van der Waals surface area contributed by atoms with Crippen LogP contribution in [0.3, 0.4) is 0 Å². The molecule has 1 atom stereocenters. The zero-order chi connectivity index (χ0) is 15.1. The number of carboxylic acid groups (broad SMARTS) is 1. The van der Waals surface area contributed by atoms with Gasteiger partial charge in [-0.2, -0.15) is 0 Å². The molecule has 0 amide bonds. The summed E-state index contributed by atoms with van der Waals surface area (Å²) < 4.78 is 26.3. The molecule has 1 aliphatic rings. The first kappa shape index (κ1) is 14.8. The summed E-state index contributed by atoms with van der Waals surface area (Å²) in [6.45, 7) is 5.47. The van der Waals surface area contributed by atoms with E-state index in [9.17, 15) is 18.3 Å². The number of rotatable bonds is 3. The molecule has 0 spiro atoms. The van der Waals surface area contributed by atoms with Crippen molar-refractivity contribution in [3.63, 3.8) is 0 Å². The SMILES string of the molecule is CC(C)(C)CS(=O)(=O)N1c2ccccc2CC1C(=O)O. The molecule has 1 aliphatic heterocycles. The lowest BCUT2D eigenvalue weighted by molar-refractivity contribution is -0.138. The van der Waals surface area contributed by atoms with Gasteiger partial charge in [0.1, 0.15) is 6.04 Å². The minimum atomic E-state index is -3.67. The normalized spacial score (nSPS) is 18.9. The zero-order valence-corrected chi connectivity index (χ0v) is 12.6. The van der Waals surface area contributed by atoms with Crippen molar-refractivity contribution in [1.29, 1.82) is 0 Å². The summed E-state index contributed by atoms with van der Waals surface area (Å²) in [6, 6.07) is 5.91. The smallest absolute Gasteiger partial charge is 0.327 e. The molecule has 20 heavy (non-hydrogen) atoms. The molecule has 0 saturated carbocycles. The van der Waals surface area contributed by atoms with Gasteiger partial charge in [0.2, 0.25) is 10.0 Å². The quantitative estimate of drug-likeness (QED) is 0.924. The number of carbonyl (C=O) groups is 1. The maximum atomic E-state index is 12.6. The Morgan fingerprint density at radius 3 is 2.50 bits per heavy atom. The Balaban J connectivity index is 2.49. The topological polar surface area (TPSA) is 74.7 Å². The van der Waals surface area contributed by atoms with Crippen LogP contribution in [0, 0.1) is 5.41 Å². The maximum absolute atomic E-state index is 12.6. The highest BCUT2D eigenvalue weighted by atomic mass is 32.2.